The molecule has 2 aliphatic heterocycles. The van der Waals surface area contributed by atoms with Crippen molar-refractivity contribution in [1.29, 1.82) is 5.26 Å². The topological polar surface area (TPSA) is 76.4 Å². The third-order valence-electron chi connectivity index (χ3n) is 4.76. The number of nitrogens with one attached hydrogen (secondary N) is 1. The van der Waals surface area contributed by atoms with Crippen LogP contribution in [0.15, 0.2) is 23.1 Å². The zero-order valence-corrected chi connectivity index (χ0v) is 14.1. The van der Waals surface area contributed by atoms with Gasteiger partial charge in [0.2, 0.25) is 10.0 Å². The highest BCUT2D eigenvalue weighted by atomic mass is 32.2. The van der Waals surface area contributed by atoms with Gasteiger partial charge < -0.3 is 5.32 Å². The fraction of sp³-hybridized carbons (Fsp3) is 0.562. The third-order valence-corrected chi connectivity index (χ3v) is 6.80. The SMILES string of the molecule is Cc1ccc(C#N)cc1S(=O)(=O)N1CCN(C2CCNC2)CC1. The van der Waals surface area contributed by atoms with Gasteiger partial charge in [0.25, 0.3) is 0 Å². The first-order valence-corrected chi connectivity index (χ1v) is 9.42. The number of benzene rings is 1. The van der Waals surface area contributed by atoms with Gasteiger partial charge in [0.15, 0.2) is 0 Å². The van der Waals surface area contributed by atoms with Crippen molar-refractivity contribution in [3.63, 3.8) is 0 Å². The van der Waals surface area contributed by atoms with E-state index < -0.39 is 10.0 Å². The van der Waals surface area contributed by atoms with E-state index in [0.29, 0.717) is 30.3 Å². The van der Waals surface area contributed by atoms with Crippen molar-refractivity contribution in [2.75, 3.05) is 39.3 Å². The molecule has 0 bridgehead atoms. The monoisotopic (exact) mass is 334 g/mol. The van der Waals surface area contributed by atoms with Crippen LogP contribution in [0.25, 0.3) is 0 Å². The van der Waals surface area contributed by atoms with Crippen LogP contribution >= 0.6 is 0 Å². The Morgan fingerprint density at radius 2 is 2.00 bits per heavy atom. The highest BCUT2D eigenvalue weighted by molar-refractivity contribution is 7.89. The molecule has 7 heteroatoms. The number of nitrogens with zero attached hydrogens (tertiary/aromatic N) is 3. The lowest BCUT2D eigenvalue weighted by atomic mass is 10.2. The van der Waals surface area contributed by atoms with Gasteiger partial charge in [-0.15, -0.1) is 0 Å². The van der Waals surface area contributed by atoms with Crippen LogP contribution in [0.4, 0.5) is 0 Å². The lowest BCUT2D eigenvalue weighted by molar-refractivity contribution is 0.145. The molecule has 2 fully saturated rings. The molecule has 0 aromatic heterocycles. The first-order valence-electron chi connectivity index (χ1n) is 7.98. The molecule has 1 unspecified atom stereocenters. The van der Waals surface area contributed by atoms with Crippen LogP contribution in [0.3, 0.4) is 0 Å². The van der Waals surface area contributed by atoms with E-state index >= 15 is 0 Å². The number of hydrogen-bond donors (Lipinski definition) is 1. The van der Waals surface area contributed by atoms with Gasteiger partial charge in [-0.3, -0.25) is 4.90 Å². The van der Waals surface area contributed by atoms with Crippen molar-refractivity contribution >= 4 is 10.0 Å². The summed E-state index contributed by atoms with van der Waals surface area (Å²) in [6.45, 7) is 6.36. The van der Waals surface area contributed by atoms with Gasteiger partial charge in [0.1, 0.15) is 0 Å². The molecule has 0 spiro atoms. The minimum Gasteiger partial charge on any atom is -0.315 e. The molecule has 0 radical (unpaired) electrons. The zero-order valence-electron chi connectivity index (χ0n) is 13.3. The third kappa shape index (κ3) is 3.26. The number of piperazine rings is 1. The molecule has 2 heterocycles. The molecule has 0 amide bonds. The van der Waals surface area contributed by atoms with Gasteiger partial charge >= 0.3 is 0 Å². The molecule has 124 valence electrons. The Balaban J connectivity index is 1.75. The van der Waals surface area contributed by atoms with Crippen molar-refractivity contribution in [3.8, 4) is 6.07 Å². The highest BCUT2D eigenvalue weighted by Gasteiger charge is 2.32. The van der Waals surface area contributed by atoms with Crippen LogP contribution in [-0.4, -0.2) is 62.9 Å². The fourth-order valence-electron chi connectivity index (χ4n) is 3.35. The van der Waals surface area contributed by atoms with Crippen molar-refractivity contribution in [2.24, 2.45) is 0 Å². The predicted octanol–water partition coefficient (Wildman–Crippen LogP) is 0.535. The van der Waals surface area contributed by atoms with Crippen molar-refractivity contribution < 1.29 is 8.42 Å². The summed E-state index contributed by atoms with van der Waals surface area (Å²) in [6.07, 6.45) is 1.13. The summed E-state index contributed by atoms with van der Waals surface area (Å²) in [6, 6.07) is 7.38. The molecule has 1 aromatic rings. The second-order valence-corrected chi connectivity index (χ2v) is 8.09. The predicted molar refractivity (Wildman–Crippen MR) is 87.5 cm³/mol. The Hall–Kier alpha value is -1.46. The largest absolute Gasteiger partial charge is 0.315 e. The smallest absolute Gasteiger partial charge is 0.243 e. The van der Waals surface area contributed by atoms with E-state index in [-0.39, 0.29) is 4.90 Å². The van der Waals surface area contributed by atoms with E-state index in [0.717, 1.165) is 32.6 Å². The van der Waals surface area contributed by atoms with Crippen molar-refractivity contribution in [2.45, 2.75) is 24.3 Å². The minimum atomic E-state index is -3.53. The zero-order chi connectivity index (χ0) is 16.4. The molecule has 1 atom stereocenters. The van der Waals surface area contributed by atoms with Gasteiger partial charge in [0, 0.05) is 38.8 Å². The number of nitriles is 1. The molecule has 1 N–H and O–H groups in total. The molecule has 23 heavy (non-hydrogen) atoms. The lowest BCUT2D eigenvalue weighted by Gasteiger charge is -2.37. The van der Waals surface area contributed by atoms with Crippen LogP contribution in [-0.2, 0) is 10.0 Å². The lowest BCUT2D eigenvalue weighted by Crippen LogP contribution is -2.52. The second-order valence-electron chi connectivity index (χ2n) is 6.18. The normalized spacial score (nSPS) is 23.7. The minimum absolute atomic E-state index is 0.257. The van der Waals surface area contributed by atoms with Gasteiger partial charge in [-0.2, -0.15) is 9.57 Å². The summed E-state index contributed by atoms with van der Waals surface area (Å²) >= 11 is 0. The Kier molecular flexibility index (Phi) is 4.69. The van der Waals surface area contributed by atoms with Crippen LogP contribution in [0, 0.1) is 18.3 Å². The molecule has 1 aromatic carbocycles. The Morgan fingerprint density at radius 1 is 1.26 bits per heavy atom. The molecule has 2 saturated heterocycles. The standard InChI is InChI=1S/C16H22N4O2S/c1-13-2-3-14(11-17)10-16(13)23(21,22)20-8-6-19(7-9-20)15-4-5-18-12-15/h2-3,10,15,18H,4-9,12H2,1H3. The summed E-state index contributed by atoms with van der Waals surface area (Å²) in [5.74, 6) is 0. The van der Waals surface area contributed by atoms with E-state index in [4.69, 9.17) is 5.26 Å². The molecule has 3 rings (SSSR count). The van der Waals surface area contributed by atoms with Crippen LogP contribution in [0.2, 0.25) is 0 Å². The fourth-order valence-corrected chi connectivity index (χ4v) is 5.02. The van der Waals surface area contributed by atoms with Gasteiger partial charge in [-0.1, -0.05) is 6.07 Å². The summed E-state index contributed by atoms with van der Waals surface area (Å²) < 4.78 is 27.3. The van der Waals surface area contributed by atoms with E-state index in [1.165, 1.54) is 6.07 Å². The maximum Gasteiger partial charge on any atom is 0.243 e. The summed E-state index contributed by atoms with van der Waals surface area (Å²) in [4.78, 5) is 2.64. The van der Waals surface area contributed by atoms with E-state index in [1.807, 2.05) is 6.07 Å². The number of rotatable bonds is 3. The van der Waals surface area contributed by atoms with Crippen LogP contribution < -0.4 is 5.32 Å². The summed E-state index contributed by atoms with van der Waals surface area (Å²) in [5, 5.41) is 12.4. The van der Waals surface area contributed by atoms with Gasteiger partial charge in [-0.25, -0.2) is 8.42 Å². The Morgan fingerprint density at radius 3 is 2.61 bits per heavy atom. The van der Waals surface area contributed by atoms with Gasteiger partial charge in [-0.05, 0) is 37.6 Å². The molecule has 0 aliphatic carbocycles. The maximum atomic E-state index is 12.9. The summed E-state index contributed by atoms with van der Waals surface area (Å²) in [5.41, 5.74) is 1.07. The molecule has 0 saturated carbocycles. The first kappa shape index (κ1) is 16.4. The quantitative estimate of drug-likeness (QED) is 0.873. The number of hydrogen-bond acceptors (Lipinski definition) is 5. The number of sulfonamides is 1. The number of aryl methyl sites for hydroxylation is 1. The van der Waals surface area contributed by atoms with E-state index in [1.54, 1.807) is 23.4 Å². The highest BCUT2D eigenvalue weighted by Crippen LogP contribution is 2.23. The van der Waals surface area contributed by atoms with E-state index in [2.05, 4.69) is 10.2 Å². The molecule has 6 nitrogen and oxygen atoms in total. The molecular formula is C16H22N4O2S. The molecule has 2 aliphatic rings. The Bertz CT molecular complexity index is 712. The maximum absolute atomic E-state index is 12.9. The van der Waals surface area contributed by atoms with Crippen LogP contribution in [0.5, 0.6) is 0 Å². The average Bonchev–Trinajstić information content (AvgIpc) is 3.10. The van der Waals surface area contributed by atoms with Crippen LogP contribution in [0.1, 0.15) is 17.5 Å². The van der Waals surface area contributed by atoms with E-state index in [9.17, 15) is 8.42 Å². The first-order chi connectivity index (χ1) is 11.0. The molecular weight excluding hydrogens is 312 g/mol. The van der Waals surface area contributed by atoms with Crippen molar-refractivity contribution in [1.82, 2.24) is 14.5 Å². The summed E-state index contributed by atoms with van der Waals surface area (Å²) in [7, 11) is -3.53. The van der Waals surface area contributed by atoms with Gasteiger partial charge in [0.05, 0.1) is 16.5 Å². The van der Waals surface area contributed by atoms with Crippen molar-refractivity contribution in [3.05, 3.63) is 29.3 Å². The second kappa shape index (κ2) is 6.57. The Labute approximate surface area is 137 Å². The average molecular weight is 334 g/mol.